The summed E-state index contributed by atoms with van der Waals surface area (Å²) in [6.07, 6.45) is -0.387. The summed E-state index contributed by atoms with van der Waals surface area (Å²) < 4.78 is 13.3. The number of benzene rings is 2. The fraction of sp³-hybridized carbons (Fsp3) is 0.280. The monoisotopic (exact) mass is 473 g/mol. The normalized spacial score (nSPS) is 14.6. The van der Waals surface area contributed by atoms with Crippen molar-refractivity contribution in [3.8, 4) is 17.2 Å². The zero-order valence-corrected chi connectivity index (χ0v) is 19.9. The van der Waals surface area contributed by atoms with Gasteiger partial charge in [0.15, 0.2) is 0 Å². The first kappa shape index (κ1) is 22.6. The summed E-state index contributed by atoms with van der Waals surface area (Å²) in [7, 11) is 0. The topological polar surface area (TPSA) is 110 Å². The summed E-state index contributed by atoms with van der Waals surface area (Å²) in [6.45, 7) is 7.18. The zero-order valence-electron chi connectivity index (χ0n) is 19.9. The van der Waals surface area contributed by atoms with Crippen LogP contribution in [0.25, 0.3) is 17.2 Å². The van der Waals surface area contributed by atoms with Gasteiger partial charge in [-0.25, -0.2) is 4.79 Å². The predicted octanol–water partition coefficient (Wildman–Crippen LogP) is 3.89. The lowest BCUT2D eigenvalue weighted by atomic mass is 10.1. The summed E-state index contributed by atoms with van der Waals surface area (Å²) in [5, 5.41) is 17.8. The van der Waals surface area contributed by atoms with Crippen LogP contribution in [0.15, 0.2) is 54.6 Å². The molecular weight excluding hydrogens is 446 g/mol. The second kappa shape index (κ2) is 9.59. The number of rotatable bonds is 8. The van der Waals surface area contributed by atoms with E-state index in [9.17, 15) is 4.79 Å². The summed E-state index contributed by atoms with van der Waals surface area (Å²) in [4.78, 5) is 14.7. The van der Waals surface area contributed by atoms with Crippen molar-refractivity contribution in [1.29, 1.82) is 0 Å². The van der Waals surface area contributed by atoms with Crippen LogP contribution in [-0.2, 0) is 16.0 Å². The van der Waals surface area contributed by atoms with Crippen molar-refractivity contribution in [2.45, 2.75) is 33.7 Å². The molecule has 2 aromatic carbocycles. The molecule has 0 saturated carbocycles. The lowest BCUT2D eigenvalue weighted by molar-refractivity contribution is 0.0525. The minimum absolute atomic E-state index is 0.316. The smallest absolute Gasteiger partial charge is 0.340 e. The van der Waals surface area contributed by atoms with Crippen LogP contribution < -0.4 is 10.2 Å². The Morgan fingerprint density at radius 2 is 1.89 bits per heavy atom. The van der Waals surface area contributed by atoms with Gasteiger partial charge in [0, 0.05) is 24.5 Å². The molecule has 10 nitrogen and oxygen atoms in total. The minimum atomic E-state index is -0.387. The number of aryl methyl sites for hydroxylation is 1. The first-order valence-electron chi connectivity index (χ1n) is 11.6. The van der Waals surface area contributed by atoms with Gasteiger partial charge in [-0.1, -0.05) is 18.2 Å². The molecule has 3 heterocycles. The molecule has 1 unspecified atom stereocenters. The highest BCUT2D eigenvalue weighted by Crippen LogP contribution is 2.39. The van der Waals surface area contributed by atoms with E-state index in [0.717, 1.165) is 34.0 Å². The number of ether oxygens (including phenoxy) is 2. The number of carbonyl (C=O) groups excluding carboxylic acids is 1. The van der Waals surface area contributed by atoms with Gasteiger partial charge in [-0.05, 0) is 67.9 Å². The fourth-order valence-corrected chi connectivity index (χ4v) is 4.40. The van der Waals surface area contributed by atoms with Crippen LogP contribution in [0.4, 0.5) is 11.4 Å². The van der Waals surface area contributed by atoms with E-state index in [1.54, 1.807) is 13.0 Å². The Balaban J connectivity index is 1.45. The van der Waals surface area contributed by atoms with Gasteiger partial charge in [-0.3, -0.25) is 0 Å². The van der Waals surface area contributed by atoms with Crippen LogP contribution in [0, 0.1) is 6.92 Å². The zero-order chi connectivity index (χ0) is 24.4. The van der Waals surface area contributed by atoms with Gasteiger partial charge in [0.2, 0.25) is 12.2 Å². The van der Waals surface area contributed by atoms with Gasteiger partial charge in [0.25, 0.3) is 0 Å². The van der Waals surface area contributed by atoms with Crippen molar-refractivity contribution in [3.63, 3.8) is 0 Å². The Bertz CT molecular complexity index is 1320. The van der Waals surface area contributed by atoms with Crippen LogP contribution in [0.3, 0.4) is 0 Å². The molecule has 0 amide bonds. The quantitative estimate of drug-likeness (QED) is 0.371. The average Bonchev–Trinajstić information content (AvgIpc) is 3.60. The molecule has 2 N–H and O–H groups in total. The molecule has 0 spiro atoms. The van der Waals surface area contributed by atoms with E-state index in [2.05, 4.69) is 59.7 Å². The lowest BCUT2D eigenvalue weighted by Gasteiger charge is -2.27. The van der Waals surface area contributed by atoms with Crippen molar-refractivity contribution in [2.75, 3.05) is 23.4 Å². The summed E-state index contributed by atoms with van der Waals surface area (Å²) in [6, 6.07) is 17.8. The second-order valence-corrected chi connectivity index (χ2v) is 8.10. The molecule has 0 radical (unpaired) electrons. The molecular formula is C25H27N7O3. The number of nitrogens with one attached hydrogen (secondary N) is 2. The summed E-state index contributed by atoms with van der Waals surface area (Å²) in [5.41, 5.74) is 6.13. The number of nitrogens with zero attached hydrogens (tertiary/aromatic N) is 5. The van der Waals surface area contributed by atoms with E-state index in [1.807, 2.05) is 38.1 Å². The predicted molar refractivity (Wildman–Crippen MR) is 131 cm³/mol. The number of carbonyl (C=O) groups is 1. The number of esters is 1. The number of H-pyrrole nitrogens is 1. The Kier molecular flexibility index (Phi) is 6.19. The van der Waals surface area contributed by atoms with Crippen molar-refractivity contribution in [1.82, 2.24) is 25.2 Å². The van der Waals surface area contributed by atoms with Gasteiger partial charge >= 0.3 is 5.97 Å². The number of aromatic nitrogens is 5. The van der Waals surface area contributed by atoms with E-state index >= 15 is 0 Å². The van der Waals surface area contributed by atoms with Gasteiger partial charge in [-0.2, -0.15) is 5.21 Å². The van der Waals surface area contributed by atoms with Gasteiger partial charge in [-0.15, -0.1) is 10.2 Å². The van der Waals surface area contributed by atoms with Crippen LogP contribution in [0.2, 0.25) is 0 Å². The standard InChI is InChI=1S/C25H27N7O3/c1-4-34-24(33)19-7-6-8-20-22(19)31(25(26-20)35-5-2)15-17-10-12-18(13-11-17)32-16(3)9-14-21(32)23-27-29-30-28-23/h6-14,25-26H,4-5,15H2,1-3H3,(H,27,28,29,30). The maximum atomic E-state index is 12.7. The molecule has 1 aliphatic heterocycles. The molecule has 180 valence electrons. The Labute approximate surface area is 202 Å². The maximum absolute atomic E-state index is 12.7. The van der Waals surface area contributed by atoms with Crippen LogP contribution in [0.5, 0.6) is 0 Å². The number of fused-ring (bicyclic) bond motifs is 1. The number of aromatic amines is 1. The molecule has 0 fully saturated rings. The molecule has 10 heteroatoms. The lowest BCUT2D eigenvalue weighted by Crippen LogP contribution is -2.38. The van der Waals surface area contributed by atoms with Crippen molar-refractivity contribution >= 4 is 17.3 Å². The molecule has 4 aromatic rings. The molecule has 2 aromatic heterocycles. The third kappa shape index (κ3) is 4.24. The molecule has 1 aliphatic rings. The van der Waals surface area contributed by atoms with Crippen LogP contribution in [0.1, 0.15) is 35.5 Å². The third-order valence-corrected chi connectivity index (χ3v) is 5.90. The number of anilines is 2. The Morgan fingerprint density at radius 3 is 2.60 bits per heavy atom. The Hall–Kier alpha value is -4.18. The minimum Gasteiger partial charge on any atom is -0.462 e. The Morgan fingerprint density at radius 1 is 1.06 bits per heavy atom. The van der Waals surface area contributed by atoms with Gasteiger partial charge < -0.3 is 24.3 Å². The molecule has 0 saturated heterocycles. The second-order valence-electron chi connectivity index (χ2n) is 8.10. The number of para-hydroxylation sites is 1. The first-order valence-corrected chi connectivity index (χ1v) is 11.6. The highest BCUT2D eigenvalue weighted by molar-refractivity contribution is 6.00. The van der Waals surface area contributed by atoms with Crippen molar-refractivity contribution in [3.05, 3.63) is 71.4 Å². The molecule has 5 rings (SSSR count). The number of hydrogen-bond acceptors (Lipinski definition) is 8. The molecule has 0 bridgehead atoms. The highest BCUT2D eigenvalue weighted by atomic mass is 16.5. The van der Waals surface area contributed by atoms with E-state index in [4.69, 9.17) is 9.47 Å². The summed E-state index contributed by atoms with van der Waals surface area (Å²) >= 11 is 0. The van der Waals surface area contributed by atoms with E-state index in [1.165, 1.54) is 0 Å². The van der Waals surface area contributed by atoms with Crippen molar-refractivity contribution in [2.24, 2.45) is 0 Å². The largest absolute Gasteiger partial charge is 0.462 e. The SMILES string of the molecule is CCOC(=O)c1cccc2c1N(Cc1ccc(-n3c(C)ccc3-c3nn[nH]n3)cc1)C(OCC)N2. The first-order chi connectivity index (χ1) is 17.1. The van der Waals surface area contributed by atoms with Crippen LogP contribution >= 0.6 is 0 Å². The average molecular weight is 474 g/mol. The van der Waals surface area contributed by atoms with E-state index in [0.29, 0.717) is 31.1 Å². The van der Waals surface area contributed by atoms with Crippen molar-refractivity contribution < 1.29 is 14.3 Å². The van der Waals surface area contributed by atoms with Gasteiger partial charge in [0.1, 0.15) is 0 Å². The third-order valence-electron chi connectivity index (χ3n) is 5.90. The van der Waals surface area contributed by atoms with E-state index < -0.39 is 0 Å². The molecule has 0 aliphatic carbocycles. The summed E-state index contributed by atoms with van der Waals surface area (Å²) in [5.74, 6) is 0.189. The fourth-order valence-electron chi connectivity index (χ4n) is 4.40. The highest BCUT2D eigenvalue weighted by Gasteiger charge is 2.33. The maximum Gasteiger partial charge on any atom is 0.340 e. The molecule has 1 atom stereocenters. The van der Waals surface area contributed by atoms with Crippen LogP contribution in [-0.4, -0.2) is 50.7 Å². The molecule has 35 heavy (non-hydrogen) atoms. The van der Waals surface area contributed by atoms with E-state index in [-0.39, 0.29) is 12.3 Å². The number of hydrogen-bond donors (Lipinski definition) is 2. The van der Waals surface area contributed by atoms with Gasteiger partial charge in [0.05, 0.1) is 29.2 Å². The number of tetrazole rings is 1.